The molecule has 4 aromatic carbocycles. The van der Waals surface area contributed by atoms with Crippen LogP contribution in [0.3, 0.4) is 0 Å². The van der Waals surface area contributed by atoms with Crippen LogP contribution in [0.5, 0.6) is 11.5 Å². The second kappa shape index (κ2) is 11.0. The predicted octanol–water partition coefficient (Wildman–Crippen LogP) is 7.13. The van der Waals surface area contributed by atoms with Gasteiger partial charge in [0.05, 0.1) is 5.69 Å². The first-order valence-corrected chi connectivity index (χ1v) is 12.6. The summed E-state index contributed by atoms with van der Waals surface area (Å²) in [6.07, 6.45) is 0. The molecule has 0 bridgehead atoms. The minimum atomic E-state index is -0.653. The number of imide groups is 1. The Kier molecular flexibility index (Phi) is 7.36. The minimum absolute atomic E-state index is 0.0617. The molecule has 39 heavy (non-hydrogen) atoms. The van der Waals surface area contributed by atoms with Crippen molar-refractivity contribution in [2.45, 2.75) is 6.92 Å². The molecule has 0 aliphatic carbocycles. The third kappa shape index (κ3) is 5.65. The van der Waals surface area contributed by atoms with Gasteiger partial charge in [0.1, 0.15) is 22.2 Å². The number of carbonyl (C=O) groups excluding carboxylic acids is 3. The fourth-order valence-electron chi connectivity index (χ4n) is 3.85. The molecule has 9 heteroatoms. The van der Waals surface area contributed by atoms with Crippen LogP contribution in [-0.4, -0.2) is 17.7 Å². The van der Waals surface area contributed by atoms with Crippen molar-refractivity contribution in [2.24, 2.45) is 0 Å². The average Bonchev–Trinajstić information content (AvgIpc) is 3.15. The molecular formula is C30H21Cl2N3O4. The van der Waals surface area contributed by atoms with Crippen molar-refractivity contribution in [1.82, 2.24) is 0 Å². The Morgan fingerprint density at radius 2 is 1.41 bits per heavy atom. The lowest BCUT2D eigenvalue weighted by molar-refractivity contribution is -0.120. The standard InChI is InChI=1S/C30H21Cl2N3O4/c1-18-7-14-22(17-25(18)31)35-29(37)26(32)27(30(35)38)33-20-10-8-19(9-11-20)28(36)34-21-12-15-24(16-13-21)39-23-5-3-2-4-6-23/h2-17,33H,1H3,(H,34,36). The molecule has 5 rings (SSSR count). The number of para-hydroxylation sites is 1. The number of hydrogen-bond donors (Lipinski definition) is 2. The first-order chi connectivity index (χ1) is 18.8. The average molecular weight is 558 g/mol. The van der Waals surface area contributed by atoms with E-state index < -0.39 is 11.8 Å². The summed E-state index contributed by atoms with van der Waals surface area (Å²) in [6, 6.07) is 27.7. The second-order valence-corrected chi connectivity index (χ2v) is 9.45. The van der Waals surface area contributed by atoms with Crippen molar-refractivity contribution in [2.75, 3.05) is 15.5 Å². The Bertz CT molecular complexity index is 1600. The normalized spacial score (nSPS) is 13.1. The van der Waals surface area contributed by atoms with Crippen molar-refractivity contribution < 1.29 is 19.1 Å². The van der Waals surface area contributed by atoms with Gasteiger partial charge in [-0.15, -0.1) is 0 Å². The Hall–Kier alpha value is -4.59. The van der Waals surface area contributed by atoms with Gasteiger partial charge in [0.2, 0.25) is 0 Å². The molecule has 2 N–H and O–H groups in total. The van der Waals surface area contributed by atoms with Gasteiger partial charge in [-0.3, -0.25) is 14.4 Å². The van der Waals surface area contributed by atoms with E-state index >= 15 is 0 Å². The van der Waals surface area contributed by atoms with Crippen LogP contribution in [0, 0.1) is 6.92 Å². The van der Waals surface area contributed by atoms with Crippen LogP contribution in [-0.2, 0) is 9.59 Å². The van der Waals surface area contributed by atoms with Crippen LogP contribution in [0.4, 0.5) is 17.1 Å². The largest absolute Gasteiger partial charge is 0.457 e. The summed E-state index contributed by atoms with van der Waals surface area (Å²) in [4.78, 5) is 39.4. The van der Waals surface area contributed by atoms with E-state index in [0.717, 1.165) is 16.2 Å². The zero-order valence-electron chi connectivity index (χ0n) is 20.6. The van der Waals surface area contributed by atoms with E-state index in [1.54, 1.807) is 60.7 Å². The highest BCUT2D eigenvalue weighted by molar-refractivity contribution is 6.53. The molecular weight excluding hydrogens is 537 g/mol. The predicted molar refractivity (Wildman–Crippen MR) is 153 cm³/mol. The van der Waals surface area contributed by atoms with Crippen LogP contribution < -0.4 is 20.3 Å². The first-order valence-electron chi connectivity index (χ1n) is 11.9. The van der Waals surface area contributed by atoms with Gasteiger partial charge in [0.25, 0.3) is 17.7 Å². The number of aryl methyl sites for hydroxylation is 1. The van der Waals surface area contributed by atoms with Crippen molar-refractivity contribution in [3.8, 4) is 11.5 Å². The molecule has 1 aliphatic rings. The molecule has 0 saturated heterocycles. The third-order valence-corrected chi connectivity index (χ3v) is 6.71. The molecule has 194 valence electrons. The number of rotatable bonds is 7. The Balaban J connectivity index is 1.23. The topological polar surface area (TPSA) is 87.7 Å². The van der Waals surface area contributed by atoms with E-state index in [1.165, 1.54) is 6.07 Å². The van der Waals surface area contributed by atoms with E-state index in [9.17, 15) is 14.4 Å². The maximum atomic E-state index is 13.0. The monoisotopic (exact) mass is 557 g/mol. The number of halogens is 2. The number of nitrogens with zero attached hydrogens (tertiary/aromatic N) is 1. The Morgan fingerprint density at radius 1 is 0.769 bits per heavy atom. The molecule has 1 heterocycles. The van der Waals surface area contributed by atoms with Crippen molar-refractivity contribution in [3.05, 3.63) is 124 Å². The maximum Gasteiger partial charge on any atom is 0.283 e. The molecule has 0 unspecified atom stereocenters. The van der Waals surface area contributed by atoms with Crippen LogP contribution in [0.25, 0.3) is 0 Å². The molecule has 0 aromatic heterocycles. The quantitative estimate of drug-likeness (QED) is 0.236. The lowest BCUT2D eigenvalue weighted by Crippen LogP contribution is -2.32. The van der Waals surface area contributed by atoms with Gasteiger partial charge < -0.3 is 15.4 Å². The summed E-state index contributed by atoms with van der Waals surface area (Å²) in [5, 5.41) is 5.92. The SMILES string of the molecule is Cc1ccc(N2C(=O)C(Cl)=C(Nc3ccc(C(=O)Nc4ccc(Oc5ccccc5)cc4)cc3)C2=O)cc1Cl. The lowest BCUT2D eigenvalue weighted by Gasteiger charge is -2.16. The molecule has 0 saturated carbocycles. The zero-order chi connectivity index (χ0) is 27.5. The van der Waals surface area contributed by atoms with Gasteiger partial charge in [-0.2, -0.15) is 0 Å². The van der Waals surface area contributed by atoms with Gasteiger partial charge >= 0.3 is 0 Å². The number of carbonyl (C=O) groups is 3. The van der Waals surface area contributed by atoms with E-state index in [0.29, 0.717) is 33.4 Å². The molecule has 0 atom stereocenters. The summed E-state index contributed by atoms with van der Waals surface area (Å²) < 4.78 is 5.77. The second-order valence-electron chi connectivity index (χ2n) is 8.66. The number of amides is 3. The highest BCUT2D eigenvalue weighted by Gasteiger charge is 2.39. The fourth-order valence-corrected chi connectivity index (χ4v) is 4.24. The summed E-state index contributed by atoms with van der Waals surface area (Å²) >= 11 is 12.4. The molecule has 3 amide bonds. The van der Waals surface area contributed by atoms with Gasteiger partial charge in [-0.1, -0.05) is 47.5 Å². The summed E-state index contributed by atoms with van der Waals surface area (Å²) in [6.45, 7) is 1.82. The summed E-state index contributed by atoms with van der Waals surface area (Å²) in [7, 11) is 0. The number of benzene rings is 4. The Labute approximate surface area is 234 Å². The molecule has 1 aliphatic heterocycles. The fraction of sp³-hybridized carbons (Fsp3) is 0.0333. The van der Waals surface area contributed by atoms with E-state index in [2.05, 4.69) is 10.6 Å². The Morgan fingerprint density at radius 3 is 2.08 bits per heavy atom. The minimum Gasteiger partial charge on any atom is -0.457 e. The molecule has 7 nitrogen and oxygen atoms in total. The molecule has 4 aromatic rings. The first kappa shape index (κ1) is 26.0. The number of anilines is 3. The summed E-state index contributed by atoms with van der Waals surface area (Å²) in [5.41, 5.74) is 2.55. The van der Waals surface area contributed by atoms with Gasteiger partial charge in [-0.25, -0.2) is 4.90 Å². The van der Waals surface area contributed by atoms with Crippen LogP contribution in [0.15, 0.2) is 108 Å². The van der Waals surface area contributed by atoms with E-state index in [4.69, 9.17) is 27.9 Å². The maximum absolute atomic E-state index is 13.0. The molecule has 0 radical (unpaired) electrons. The van der Waals surface area contributed by atoms with Crippen LogP contribution >= 0.6 is 23.2 Å². The van der Waals surface area contributed by atoms with Gasteiger partial charge in [-0.05, 0) is 85.3 Å². The number of hydrogen-bond acceptors (Lipinski definition) is 5. The van der Waals surface area contributed by atoms with Crippen molar-refractivity contribution in [1.29, 1.82) is 0 Å². The highest BCUT2D eigenvalue weighted by Crippen LogP contribution is 2.32. The highest BCUT2D eigenvalue weighted by atomic mass is 35.5. The molecule has 0 spiro atoms. The smallest absolute Gasteiger partial charge is 0.283 e. The van der Waals surface area contributed by atoms with Crippen LogP contribution in [0.2, 0.25) is 5.02 Å². The number of nitrogens with one attached hydrogen (secondary N) is 2. The van der Waals surface area contributed by atoms with Crippen molar-refractivity contribution in [3.63, 3.8) is 0 Å². The van der Waals surface area contributed by atoms with Gasteiger partial charge in [0.15, 0.2) is 0 Å². The lowest BCUT2D eigenvalue weighted by atomic mass is 10.2. The summed E-state index contributed by atoms with van der Waals surface area (Å²) in [5.74, 6) is -0.209. The van der Waals surface area contributed by atoms with Crippen molar-refractivity contribution >= 4 is 58.0 Å². The van der Waals surface area contributed by atoms with E-state index in [1.807, 2.05) is 37.3 Å². The zero-order valence-corrected chi connectivity index (χ0v) is 22.1. The number of ether oxygens (including phenoxy) is 1. The van der Waals surface area contributed by atoms with Gasteiger partial charge in [0, 0.05) is 22.0 Å². The van der Waals surface area contributed by atoms with Crippen LogP contribution in [0.1, 0.15) is 15.9 Å². The molecule has 0 fully saturated rings. The third-order valence-electron chi connectivity index (χ3n) is 5.95. The van der Waals surface area contributed by atoms with E-state index in [-0.39, 0.29) is 16.6 Å².